The second-order valence-electron chi connectivity index (χ2n) is 12.7. The number of carboxylic acids is 1. The molecule has 2 unspecified atom stereocenters. The number of aliphatic carboxylic acids is 1. The van der Waals surface area contributed by atoms with Crippen LogP contribution < -0.4 is 31.6 Å². The first-order chi connectivity index (χ1) is 25.9. The fourth-order valence-electron chi connectivity index (χ4n) is 5.63. The van der Waals surface area contributed by atoms with Gasteiger partial charge in [0.25, 0.3) is 6.33 Å². The van der Waals surface area contributed by atoms with Crippen molar-refractivity contribution in [1.82, 2.24) is 20.1 Å². The van der Waals surface area contributed by atoms with Crippen LogP contribution in [0.15, 0.2) is 72.6 Å². The molecule has 0 radical (unpaired) electrons. The number of carbonyl (C=O) groups excluding carboxylic acids is 1. The number of hydrogen-bond donors (Lipinski definition) is 3. The number of aromatic nitrogens is 4. The van der Waals surface area contributed by atoms with Crippen molar-refractivity contribution >= 4 is 23.3 Å². The fourth-order valence-corrected chi connectivity index (χ4v) is 6.60. The number of aliphatic hydroxyl groups is 1. The van der Waals surface area contributed by atoms with Crippen LogP contribution in [-0.2, 0) is 28.3 Å². The van der Waals surface area contributed by atoms with Crippen molar-refractivity contribution in [3.63, 3.8) is 0 Å². The van der Waals surface area contributed by atoms with Crippen molar-refractivity contribution < 1.29 is 68.0 Å². The van der Waals surface area contributed by atoms with Crippen molar-refractivity contribution in [2.75, 3.05) is 13.1 Å². The van der Waals surface area contributed by atoms with E-state index in [1.807, 2.05) is 42.9 Å². The molecule has 5 aromatic rings. The minimum Gasteiger partial charge on any atom is -1.00 e. The SMILES string of the molecule is CCCNCC(=O)Oc1c(C)cc(C[n+]2cnn(CC(O)(c3ccc(F)cc3F)C(C)c3nc(-c4ccc(C#N)cc4)cs3)c2)cc1C.O=C(O)C(F)(F)F.[Br-]. The van der Waals surface area contributed by atoms with Crippen LogP contribution in [0.2, 0.25) is 0 Å². The molecular formula is C38H38BrF5N6O5S. The molecule has 3 aromatic carbocycles. The summed E-state index contributed by atoms with van der Waals surface area (Å²) in [5.74, 6) is -4.91. The van der Waals surface area contributed by atoms with E-state index < -0.39 is 35.3 Å². The minimum atomic E-state index is -5.08. The number of halogens is 6. The molecule has 56 heavy (non-hydrogen) atoms. The molecule has 5 rings (SSSR count). The van der Waals surface area contributed by atoms with Gasteiger partial charge in [0.05, 0.1) is 35.4 Å². The molecule has 0 fully saturated rings. The number of benzene rings is 3. The standard InChI is InChI=1S/C36H37F2N6O3S.C2HF3O2.BrH/c1-5-12-40-17-33(45)47-34-23(2)13-27(14-24(34)3)18-43-21-41-44(22-43)20-36(46,30-11-10-29(37)15-31(30)38)25(4)35-42-32(19-48-35)28-8-6-26(16-39)7-9-28;3-2(4,5)1(6)7;/h6-11,13-15,19,21-22,25,40,46H,5,12,17-18,20H2,1-4H3;(H,6,7);1H/q+1;;/p-1. The molecule has 18 heteroatoms. The summed E-state index contributed by atoms with van der Waals surface area (Å²) in [5, 5.41) is 38.4. The van der Waals surface area contributed by atoms with E-state index in [4.69, 9.17) is 24.9 Å². The van der Waals surface area contributed by atoms with Crippen LogP contribution in [0, 0.1) is 36.8 Å². The van der Waals surface area contributed by atoms with Crippen LogP contribution >= 0.6 is 11.3 Å². The van der Waals surface area contributed by atoms with Crippen molar-refractivity contribution in [2.45, 2.75) is 64.9 Å². The second-order valence-corrected chi connectivity index (χ2v) is 13.5. The minimum absolute atomic E-state index is 0. The summed E-state index contributed by atoms with van der Waals surface area (Å²) < 4.78 is 70.0. The maximum absolute atomic E-state index is 15.3. The van der Waals surface area contributed by atoms with E-state index >= 15 is 4.39 Å². The largest absolute Gasteiger partial charge is 1.00 e. The number of nitrogens with one attached hydrogen (secondary N) is 1. The summed E-state index contributed by atoms with van der Waals surface area (Å²) >= 11 is 1.32. The smallest absolute Gasteiger partial charge is 0.490 e. The lowest BCUT2D eigenvalue weighted by Crippen LogP contribution is -3.00. The van der Waals surface area contributed by atoms with Crippen molar-refractivity contribution in [3.05, 3.63) is 117 Å². The van der Waals surface area contributed by atoms with Gasteiger partial charge in [-0.25, -0.2) is 23.1 Å². The van der Waals surface area contributed by atoms with E-state index in [0.29, 0.717) is 28.6 Å². The number of nitriles is 1. The van der Waals surface area contributed by atoms with E-state index in [1.54, 1.807) is 43.8 Å². The second kappa shape index (κ2) is 19.7. The third kappa shape index (κ3) is 11.7. The third-order valence-corrected chi connectivity index (χ3v) is 9.42. The zero-order chi connectivity index (χ0) is 40.5. The number of carbonyl (C=O) groups is 2. The van der Waals surface area contributed by atoms with Crippen LogP contribution in [-0.4, -0.2) is 56.2 Å². The van der Waals surface area contributed by atoms with Crippen LogP contribution in [0.3, 0.4) is 0 Å². The first-order valence-corrected chi connectivity index (χ1v) is 17.7. The summed E-state index contributed by atoms with van der Waals surface area (Å²) in [6, 6.07) is 16.1. The van der Waals surface area contributed by atoms with Crippen molar-refractivity contribution in [1.29, 1.82) is 5.26 Å². The molecule has 0 saturated heterocycles. The molecule has 2 atom stereocenters. The number of thiazole rings is 1. The summed E-state index contributed by atoms with van der Waals surface area (Å²) in [4.78, 5) is 25.9. The predicted octanol–water partition coefficient (Wildman–Crippen LogP) is 3.34. The number of nitrogens with zero attached hydrogens (tertiary/aromatic N) is 5. The highest BCUT2D eigenvalue weighted by Gasteiger charge is 2.43. The van der Waals surface area contributed by atoms with Crippen molar-refractivity contribution in [2.24, 2.45) is 0 Å². The highest BCUT2D eigenvalue weighted by atomic mass is 79.9. The van der Waals surface area contributed by atoms with Gasteiger partial charge < -0.3 is 37.2 Å². The highest BCUT2D eigenvalue weighted by Crippen LogP contribution is 2.41. The quantitative estimate of drug-likeness (QED) is 0.0532. The van der Waals surface area contributed by atoms with E-state index in [2.05, 4.69) is 16.5 Å². The van der Waals surface area contributed by atoms with Gasteiger partial charge in [-0.15, -0.1) is 16.0 Å². The lowest BCUT2D eigenvalue weighted by molar-refractivity contribution is -0.689. The molecule has 0 aliphatic rings. The van der Waals surface area contributed by atoms with Gasteiger partial charge in [-0.1, -0.05) is 32.0 Å². The van der Waals surface area contributed by atoms with Gasteiger partial charge in [-0.3, -0.25) is 4.79 Å². The lowest BCUT2D eigenvalue weighted by atomic mass is 9.82. The van der Waals surface area contributed by atoms with E-state index in [0.717, 1.165) is 47.4 Å². The highest BCUT2D eigenvalue weighted by molar-refractivity contribution is 7.10. The number of esters is 1. The van der Waals surface area contributed by atoms with Gasteiger partial charge in [-0.05, 0) is 73.8 Å². The first kappa shape index (κ1) is 45.3. The van der Waals surface area contributed by atoms with Gasteiger partial charge in [0.2, 0.25) is 6.33 Å². The topological polar surface area (TPSA) is 154 Å². The molecule has 11 nitrogen and oxygen atoms in total. The average molecular weight is 866 g/mol. The van der Waals surface area contributed by atoms with Gasteiger partial charge in [-0.2, -0.15) is 18.4 Å². The van der Waals surface area contributed by atoms with Crippen LogP contribution in [0.5, 0.6) is 5.75 Å². The number of aryl methyl sites for hydroxylation is 2. The molecule has 298 valence electrons. The summed E-state index contributed by atoms with van der Waals surface area (Å²) in [5.41, 5.74) is 2.64. The molecule has 2 heterocycles. The molecule has 2 aromatic heterocycles. The average Bonchev–Trinajstić information content (AvgIpc) is 3.79. The first-order valence-electron chi connectivity index (χ1n) is 16.8. The molecule has 0 aliphatic heterocycles. The number of hydrogen-bond acceptors (Lipinski definition) is 9. The number of rotatable bonds is 13. The van der Waals surface area contributed by atoms with Gasteiger partial charge in [0.15, 0.2) is 0 Å². The Morgan fingerprint density at radius 2 is 1.73 bits per heavy atom. The molecule has 0 saturated carbocycles. The summed E-state index contributed by atoms with van der Waals surface area (Å²) in [6.07, 6.45) is -0.846. The Morgan fingerprint density at radius 1 is 1.09 bits per heavy atom. The Hall–Kier alpha value is -5.09. The van der Waals surface area contributed by atoms with Crippen LogP contribution in [0.4, 0.5) is 22.0 Å². The summed E-state index contributed by atoms with van der Waals surface area (Å²) in [6.45, 7) is 8.71. The summed E-state index contributed by atoms with van der Waals surface area (Å²) in [7, 11) is 0. The van der Waals surface area contributed by atoms with E-state index in [9.17, 15) is 27.5 Å². The van der Waals surface area contributed by atoms with Crippen molar-refractivity contribution in [3.8, 4) is 23.1 Å². The number of ether oxygens (including phenoxy) is 1. The Bertz CT molecular complexity index is 2150. The zero-order valence-corrected chi connectivity index (χ0v) is 33.0. The normalized spacial score (nSPS) is 12.7. The third-order valence-electron chi connectivity index (χ3n) is 8.39. The van der Waals surface area contributed by atoms with E-state index in [-0.39, 0.29) is 41.6 Å². The number of carboxylic acid groups (broad SMARTS) is 1. The Kier molecular flexibility index (Phi) is 15.9. The Balaban J connectivity index is 0.000000960. The molecule has 0 bridgehead atoms. The lowest BCUT2D eigenvalue weighted by Gasteiger charge is -2.32. The van der Waals surface area contributed by atoms with Crippen LogP contribution in [0.25, 0.3) is 11.3 Å². The molecule has 3 N–H and O–H groups in total. The molecule has 0 aliphatic carbocycles. The van der Waals surface area contributed by atoms with E-state index in [1.165, 1.54) is 22.1 Å². The maximum Gasteiger partial charge on any atom is 0.490 e. The fraction of sp³-hybridized carbons (Fsp3) is 0.316. The zero-order valence-electron chi connectivity index (χ0n) is 30.6. The monoisotopic (exact) mass is 864 g/mol. The Labute approximate surface area is 333 Å². The van der Waals surface area contributed by atoms with Gasteiger partial charge in [0, 0.05) is 33.6 Å². The number of alkyl halides is 3. The molecule has 0 spiro atoms. The maximum atomic E-state index is 15.3. The van der Waals surface area contributed by atoms with Gasteiger partial charge in [0.1, 0.15) is 29.5 Å². The predicted molar refractivity (Wildman–Crippen MR) is 191 cm³/mol. The Morgan fingerprint density at radius 3 is 2.30 bits per heavy atom. The van der Waals surface area contributed by atoms with Gasteiger partial charge >= 0.3 is 18.1 Å². The molecular weight excluding hydrogens is 827 g/mol. The molecule has 0 amide bonds. The van der Waals surface area contributed by atoms with Crippen LogP contribution in [0.1, 0.15) is 59.0 Å².